The molecule has 1 saturated heterocycles. The first-order chi connectivity index (χ1) is 16.7. The Morgan fingerprint density at radius 3 is 2.63 bits per heavy atom. The van der Waals surface area contributed by atoms with Gasteiger partial charge in [0.2, 0.25) is 5.91 Å². The fraction of sp³-hybridized carbons (Fsp3) is 0.320. The summed E-state index contributed by atoms with van der Waals surface area (Å²) in [5.74, 6) is -0.411. The minimum atomic E-state index is -0.306. The van der Waals surface area contributed by atoms with Crippen LogP contribution in [0, 0.1) is 6.92 Å². The zero-order valence-electron chi connectivity index (χ0n) is 20.2. The number of carbonyl (C=O) groups excluding carboxylic acids is 2. The Morgan fingerprint density at radius 1 is 1.11 bits per heavy atom. The van der Waals surface area contributed by atoms with Crippen LogP contribution in [-0.4, -0.2) is 60.1 Å². The van der Waals surface area contributed by atoms with Crippen molar-refractivity contribution in [3.8, 4) is 11.3 Å². The molecule has 5 rings (SSSR count). The number of pyridine rings is 2. The maximum absolute atomic E-state index is 13.0. The second-order valence-electron chi connectivity index (χ2n) is 9.59. The van der Waals surface area contributed by atoms with Gasteiger partial charge in [-0.15, -0.1) is 0 Å². The van der Waals surface area contributed by atoms with Crippen molar-refractivity contribution in [3.05, 3.63) is 54.2 Å². The number of amides is 2. The normalized spacial score (nSPS) is 15.1. The van der Waals surface area contributed by atoms with Crippen LogP contribution in [0.3, 0.4) is 0 Å². The number of rotatable bonds is 6. The first-order valence-corrected chi connectivity index (χ1v) is 11.5. The summed E-state index contributed by atoms with van der Waals surface area (Å²) in [6.07, 6.45) is 7.88. The first kappa shape index (κ1) is 22.7. The van der Waals surface area contributed by atoms with Crippen molar-refractivity contribution in [1.82, 2.24) is 29.6 Å². The monoisotopic (exact) mass is 472 g/mol. The quantitative estimate of drug-likeness (QED) is 0.396. The predicted octanol–water partition coefficient (Wildman–Crippen LogP) is 3.34. The molecule has 10 heteroatoms. The Hall–Kier alpha value is -4.05. The van der Waals surface area contributed by atoms with E-state index in [0.717, 1.165) is 29.6 Å². The van der Waals surface area contributed by atoms with Crippen molar-refractivity contribution in [2.75, 3.05) is 23.7 Å². The number of aryl methyl sites for hydroxylation is 2. The number of anilines is 2. The van der Waals surface area contributed by atoms with E-state index in [4.69, 9.17) is 0 Å². The number of hydrogen-bond donors (Lipinski definition) is 3. The molecule has 5 heterocycles. The average Bonchev–Trinajstić information content (AvgIpc) is 3.44. The zero-order valence-corrected chi connectivity index (χ0v) is 20.2. The number of nitrogens with one attached hydrogen (secondary N) is 3. The molecule has 1 aliphatic heterocycles. The van der Waals surface area contributed by atoms with E-state index in [1.807, 2.05) is 19.3 Å². The van der Waals surface area contributed by atoms with E-state index in [-0.39, 0.29) is 17.4 Å². The van der Waals surface area contributed by atoms with Crippen LogP contribution in [0.4, 0.5) is 11.4 Å². The van der Waals surface area contributed by atoms with Gasteiger partial charge in [0.15, 0.2) is 0 Å². The minimum absolute atomic E-state index is 0.0509. The van der Waals surface area contributed by atoms with Gasteiger partial charge in [0, 0.05) is 42.5 Å². The molecule has 0 radical (unpaired) electrons. The van der Waals surface area contributed by atoms with Gasteiger partial charge in [0.05, 0.1) is 47.3 Å². The lowest BCUT2D eigenvalue weighted by Crippen LogP contribution is -2.57. The second kappa shape index (κ2) is 8.62. The fourth-order valence-corrected chi connectivity index (χ4v) is 4.16. The maximum Gasteiger partial charge on any atom is 0.257 e. The Morgan fingerprint density at radius 2 is 1.94 bits per heavy atom. The predicted molar refractivity (Wildman–Crippen MR) is 134 cm³/mol. The van der Waals surface area contributed by atoms with Crippen LogP contribution in [0.15, 0.2) is 43.0 Å². The van der Waals surface area contributed by atoms with E-state index < -0.39 is 0 Å². The molecule has 0 saturated carbocycles. The Kier molecular flexibility index (Phi) is 5.60. The molecule has 35 heavy (non-hydrogen) atoms. The van der Waals surface area contributed by atoms with E-state index in [9.17, 15) is 9.59 Å². The number of H-pyrrole nitrogens is 1. The lowest BCUT2D eigenvalue weighted by Gasteiger charge is -2.48. The largest absolute Gasteiger partial charge is 0.339 e. The fourth-order valence-electron chi connectivity index (χ4n) is 4.16. The van der Waals surface area contributed by atoms with Gasteiger partial charge in [-0.3, -0.25) is 24.2 Å². The molecule has 0 aromatic carbocycles. The van der Waals surface area contributed by atoms with Crippen LogP contribution < -0.4 is 10.6 Å². The lowest BCUT2D eigenvalue weighted by atomic mass is 9.89. The molecule has 1 fully saturated rings. The number of aromatic amines is 1. The molecule has 4 aromatic rings. The van der Waals surface area contributed by atoms with E-state index in [1.165, 1.54) is 6.20 Å². The summed E-state index contributed by atoms with van der Waals surface area (Å²) in [6.45, 7) is 7.30. The van der Waals surface area contributed by atoms with Crippen LogP contribution in [0.5, 0.6) is 0 Å². The maximum atomic E-state index is 13.0. The summed E-state index contributed by atoms with van der Waals surface area (Å²) >= 11 is 0. The molecular formula is C25H28N8O2. The van der Waals surface area contributed by atoms with Gasteiger partial charge >= 0.3 is 0 Å². The van der Waals surface area contributed by atoms with E-state index >= 15 is 0 Å². The molecule has 0 spiro atoms. The van der Waals surface area contributed by atoms with Crippen molar-refractivity contribution in [1.29, 1.82) is 0 Å². The number of carbonyl (C=O) groups is 2. The highest BCUT2D eigenvalue weighted by Gasteiger charge is 2.36. The standard InChI is InChI=1S/C25H28N8O2/c1-15-20(9-19(12-26-15)29-22(34)14-33-6-5-25(33,2)3)31-24(35)17-7-16-8-21(30-23(16)27-10-17)18-11-28-32(4)13-18/h7-13H,5-6,14H2,1-4H3,(H,27,30)(H,29,34)(H,31,35). The van der Waals surface area contributed by atoms with Crippen molar-refractivity contribution < 1.29 is 9.59 Å². The Labute approximate surface area is 202 Å². The van der Waals surface area contributed by atoms with E-state index in [2.05, 4.69) is 49.4 Å². The molecule has 4 aromatic heterocycles. The first-order valence-electron chi connectivity index (χ1n) is 11.5. The molecule has 1 aliphatic rings. The summed E-state index contributed by atoms with van der Waals surface area (Å²) in [7, 11) is 1.86. The highest BCUT2D eigenvalue weighted by atomic mass is 16.2. The smallest absolute Gasteiger partial charge is 0.257 e. The molecule has 3 N–H and O–H groups in total. The van der Waals surface area contributed by atoms with Gasteiger partial charge < -0.3 is 15.6 Å². The van der Waals surface area contributed by atoms with Crippen molar-refractivity contribution in [2.24, 2.45) is 7.05 Å². The number of aromatic nitrogens is 5. The van der Waals surface area contributed by atoms with Gasteiger partial charge in [0.25, 0.3) is 5.91 Å². The van der Waals surface area contributed by atoms with Crippen molar-refractivity contribution >= 4 is 34.2 Å². The molecule has 180 valence electrons. The van der Waals surface area contributed by atoms with Crippen LogP contribution in [0.1, 0.15) is 36.3 Å². The summed E-state index contributed by atoms with van der Waals surface area (Å²) in [5, 5.41) is 10.8. The van der Waals surface area contributed by atoms with Crippen LogP contribution in [-0.2, 0) is 11.8 Å². The number of likely N-dealkylation sites (tertiary alicyclic amines) is 1. The minimum Gasteiger partial charge on any atom is -0.339 e. The van der Waals surface area contributed by atoms with E-state index in [1.54, 1.807) is 36.1 Å². The molecule has 0 atom stereocenters. The van der Waals surface area contributed by atoms with Gasteiger partial charge in [-0.2, -0.15) is 5.10 Å². The molecule has 0 bridgehead atoms. The van der Waals surface area contributed by atoms with Crippen LogP contribution in [0.25, 0.3) is 22.3 Å². The average molecular weight is 473 g/mol. The SMILES string of the molecule is Cc1ncc(NC(=O)CN2CCC2(C)C)cc1NC(=O)c1cnc2[nH]c(-c3cnn(C)c3)cc2c1. The van der Waals surface area contributed by atoms with Crippen molar-refractivity contribution in [3.63, 3.8) is 0 Å². The van der Waals surface area contributed by atoms with Gasteiger partial charge in [-0.25, -0.2) is 4.98 Å². The van der Waals surface area contributed by atoms with Crippen LogP contribution >= 0.6 is 0 Å². The molecule has 0 aliphatic carbocycles. The van der Waals surface area contributed by atoms with Gasteiger partial charge in [-0.1, -0.05) is 0 Å². The summed E-state index contributed by atoms with van der Waals surface area (Å²) in [4.78, 5) is 39.6. The number of fused-ring (bicyclic) bond motifs is 1. The van der Waals surface area contributed by atoms with Gasteiger partial charge in [0.1, 0.15) is 5.65 Å². The summed E-state index contributed by atoms with van der Waals surface area (Å²) in [5.41, 5.74) is 4.69. The number of nitrogens with zero attached hydrogens (tertiary/aromatic N) is 5. The summed E-state index contributed by atoms with van der Waals surface area (Å²) in [6, 6.07) is 5.46. The topological polar surface area (TPSA) is 121 Å². The van der Waals surface area contributed by atoms with E-state index in [0.29, 0.717) is 34.8 Å². The molecule has 0 unspecified atom stereocenters. The Bertz CT molecular complexity index is 1430. The Balaban J connectivity index is 1.29. The van der Waals surface area contributed by atoms with Crippen LogP contribution in [0.2, 0.25) is 0 Å². The highest BCUT2D eigenvalue weighted by molar-refractivity contribution is 6.06. The van der Waals surface area contributed by atoms with Gasteiger partial charge in [-0.05, 0) is 45.4 Å². The second-order valence-corrected chi connectivity index (χ2v) is 9.59. The molecule has 10 nitrogen and oxygen atoms in total. The highest BCUT2D eigenvalue weighted by Crippen LogP contribution is 2.29. The third kappa shape index (κ3) is 4.65. The third-order valence-corrected chi connectivity index (χ3v) is 6.55. The lowest BCUT2D eigenvalue weighted by molar-refractivity contribution is -0.121. The third-order valence-electron chi connectivity index (χ3n) is 6.55. The molecule has 2 amide bonds. The zero-order chi connectivity index (χ0) is 24.7. The number of hydrogen-bond acceptors (Lipinski definition) is 6. The van der Waals surface area contributed by atoms with Crippen molar-refractivity contribution in [2.45, 2.75) is 32.7 Å². The summed E-state index contributed by atoms with van der Waals surface area (Å²) < 4.78 is 1.73. The molecular weight excluding hydrogens is 444 g/mol.